The molecule has 0 aromatic heterocycles. The molecule has 2 fully saturated rings. The molecule has 1 aromatic carbocycles. The Labute approximate surface area is 122 Å². The number of nitrogens with zero attached hydrogens (tertiary/aromatic N) is 1. The molecule has 108 valence electrons. The molecule has 3 rings (SSSR count). The second kappa shape index (κ2) is 5.69. The van der Waals surface area contributed by atoms with Crippen molar-refractivity contribution in [3.05, 3.63) is 35.4 Å². The first-order valence-electron chi connectivity index (χ1n) is 8.03. The van der Waals surface area contributed by atoms with Crippen molar-refractivity contribution in [1.29, 1.82) is 0 Å². The number of carbonyl (C=O) groups is 1. The molecule has 2 nitrogen and oxygen atoms in total. The van der Waals surface area contributed by atoms with Gasteiger partial charge in [-0.25, -0.2) is 0 Å². The predicted molar refractivity (Wildman–Crippen MR) is 82.0 cm³/mol. The summed E-state index contributed by atoms with van der Waals surface area (Å²) in [6.07, 6.45) is 6.66. The number of Topliss-reactive ketones (excluding diaryl/α,β-unsaturated/α-hetero) is 1. The largest absolute Gasteiger partial charge is 0.292 e. The molecule has 20 heavy (non-hydrogen) atoms. The van der Waals surface area contributed by atoms with E-state index in [1.807, 2.05) is 24.3 Å². The van der Waals surface area contributed by atoms with E-state index in [-0.39, 0.29) is 11.8 Å². The first kappa shape index (κ1) is 13.8. The van der Waals surface area contributed by atoms with Crippen LogP contribution in [0.4, 0.5) is 0 Å². The van der Waals surface area contributed by atoms with Crippen molar-refractivity contribution in [3.8, 4) is 0 Å². The van der Waals surface area contributed by atoms with E-state index >= 15 is 0 Å². The van der Waals surface area contributed by atoms with Crippen LogP contribution < -0.4 is 0 Å². The lowest BCUT2D eigenvalue weighted by atomic mass is 9.85. The van der Waals surface area contributed by atoms with Gasteiger partial charge >= 0.3 is 0 Å². The van der Waals surface area contributed by atoms with Gasteiger partial charge in [0.25, 0.3) is 0 Å². The summed E-state index contributed by atoms with van der Waals surface area (Å²) in [4.78, 5) is 15.2. The highest BCUT2D eigenvalue weighted by Gasteiger charge is 2.39. The summed E-state index contributed by atoms with van der Waals surface area (Å²) in [5.74, 6) is 1.13. The molecule has 2 aliphatic rings. The third-order valence-corrected chi connectivity index (χ3v) is 5.27. The number of benzene rings is 1. The summed E-state index contributed by atoms with van der Waals surface area (Å²) in [5.41, 5.74) is 2.07. The Hall–Kier alpha value is -1.15. The van der Waals surface area contributed by atoms with Crippen LogP contribution in [-0.4, -0.2) is 29.3 Å². The zero-order valence-electron chi connectivity index (χ0n) is 12.6. The number of hydrogen-bond acceptors (Lipinski definition) is 2. The maximum absolute atomic E-state index is 12.7. The molecule has 1 aliphatic heterocycles. The summed E-state index contributed by atoms with van der Waals surface area (Å²) in [6.45, 7) is 5.26. The topological polar surface area (TPSA) is 20.3 Å². The number of likely N-dealkylation sites (tertiary alicyclic amines) is 1. The van der Waals surface area contributed by atoms with Crippen LogP contribution in [0.5, 0.6) is 0 Å². The summed E-state index contributed by atoms with van der Waals surface area (Å²) < 4.78 is 0. The third kappa shape index (κ3) is 2.54. The zero-order chi connectivity index (χ0) is 14.1. The zero-order valence-corrected chi connectivity index (χ0v) is 12.6. The molecule has 3 unspecified atom stereocenters. The Morgan fingerprint density at radius 1 is 1.15 bits per heavy atom. The average Bonchev–Trinajstić information content (AvgIpc) is 2.90. The molecular weight excluding hydrogens is 246 g/mol. The van der Waals surface area contributed by atoms with Gasteiger partial charge in [-0.15, -0.1) is 0 Å². The Kier molecular flexibility index (Phi) is 3.93. The number of hydrogen-bond donors (Lipinski definition) is 0. The minimum absolute atomic E-state index is 0.0332. The van der Waals surface area contributed by atoms with Crippen LogP contribution in [0, 0.1) is 12.8 Å². The first-order chi connectivity index (χ1) is 9.66. The van der Waals surface area contributed by atoms with Crippen molar-refractivity contribution >= 4 is 5.78 Å². The van der Waals surface area contributed by atoms with E-state index < -0.39 is 0 Å². The highest BCUT2D eigenvalue weighted by Crippen LogP contribution is 2.37. The van der Waals surface area contributed by atoms with E-state index in [1.54, 1.807) is 0 Å². The van der Waals surface area contributed by atoms with Crippen molar-refractivity contribution in [2.45, 2.75) is 58.0 Å². The standard InChI is InChI=1S/C18H25NO/c1-13-7-9-16(10-8-13)18(20)14(2)19-12-11-15-5-3-4-6-17(15)19/h7-10,14-15,17H,3-6,11-12H2,1-2H3. The van der Waals surface area contributed by atoms with Gasteiger partial charge in [0.2, 0.25) is 0 Å². The van der Waals surface area contributed by atoms with Crippen LogP contribution in [0.1, 0.15) is 54.9 Å². The number of aryl methyl sites for hydroxylation is 1. The summed E-state index contributed by atoms with van der Waals surface area (Å²) in [6, 6.07) is 8.71. The number of rotatable bonds is 3. The molecule has 0 amide bonds. The Morgan fingerprint density at radius 3 is 2.60 bits per heavy atom. The summed E-state index contributed by atoms with van der Waals surface area (Å²) >= 11 is 0. The fourth-order valence-electron chi connectivity index (χ4n) is 4.03. The monoisotopic (exact) mass is 271 g/mol. The average molecular weight is 271 g/mol. The van der Waals surface area contributed by atoms with Crippen LogP contribution in [-0.2, 0) is 0 Å². The van der Waals surface area contributed by atoms with Crippen molar-refractivity contribution < 1.29 is 4.79 Å². The number of carbonyl (C=O) groups excluding carboxylic acids is 1. The van der Waals surface area contributed by atoms with Gasteiger partial charge in [-0.05, 0) is 45.6 Å². The lowest BCUT2D eigenvalue weighted by Gasteiger charge is -2.35. The van der Waals surface area contributed by atoms with E-state index in [1.165, 1.54) is 37.7 Å². The van der Waals surface area contributed by atoms with Gasteiger partial charge in [0.1, 0.15) is 0 Å². The van der Waals surface area contributed by atoms with Crippen molar-refractivity contribution in [3.63, 3.8) is 0 Å². The van der Waals surface area contributed by atoms with Crippen LogP contribution in [0.15, 0.2) is 24.3 Å². The van der Waals surface area contributed by atoms with Crippen molar-refractivity contribution in [2.75, 3.05) is 6.54 Å². The number of ketones is 1. The smallest absolute Gasteiger partial charge is 0.179 e. The van der Waals surface area contributed by atoms with Gasteiger partial charge in [0, 0.05) is 11.6 Å². The molecule has 1 aromatic rings. The van der Waals surface area contributed by atoms with Crippen molar-refractivity contribution in [2.24, 2.45) is 5.92 Å². The SMILES string of the molecule is Cc1ccc(C(=O)C(C)N2CCC3CCCCC32)cc1. The van der Waals surface area contributed by atoms with Gasteiger partial charge in [-0.2, -0.15) is 0 Å². The fraction of sp³-hybridized carbons (Fsp3) is 0.611. The van der Waals surface area contributed by atoms with E-state index in [0.717, 1.165) is 18.0 Å². The molecular formula is C18H25NO. The molecule has 0 radical (unpaired) electrons. The third-order valence-electron chi connectivity index (χ3n) is 5.27. The lowest BCUT2D eigenvalue weighted by molar-refractivity contribution is 0.0771. The van der Waals surface area contributed by atoms with Crippen LogP contribution in [0.3, 0.4) is 0 Å². The van der Waals surface area contributed by atoms with E-state index in [9.17, 15) is 4.79 Å². The first-order valence-corrected chi connectivity index (χ1v) is 8.03. The summed E-state index contributed by atoms with van der Waals surface area (Å²) in [7, 11) is 0. The van der Waals surface area contributed by atoms with Gasteiger partial charge < -0.3 is 0 Å². The van der Waals surface area contributed by atoms with E-state index in [4.69, 9.17) is 0 Å². The van der Waals surface area contributed by atoms with Gasteiger partial charge in [-0.1, -0.05) is 42.7 Å². The highest BCUT2D eigenvalue weighted by molar-refractivity contribution is 5.99. The van der Waals surface area contributed by atoms with Crippen LogP contribution >= 0.6 is 0 Å². The van der Waals surface area contributed by atoms with E-state index in [0.29, 0.717) is 6.04 Å². The molecule has 2 heteroatoms. The number of fused-ring (bicyclic) bond motifs is 1. The minimum atomic E-state index is 0.0332. The normalized spacial score (nSPS) is 28.1. The van der Waals surface area contributed by atoms with Crippen LogP contribution in [0.2, 0.25) is 0 Å². The molecule has 1 saturated heterocycles. The van der Waals surface area contributed by atoms with Gasteiger partial charge in [-0.3, -0.25) is 9.69 Å². The fourth-order valence-corrected chi connectivity index (χ4v) is 4.03. The molecule has 1 heterocycles. The summed E-state index contributed by atoms with van der Waals surface area (Å²) in [5, 5.41) is 0. The van der Waals surface area contributed by atoms with Crippen molar-refractivity contribution in [1.82, 2.24) is 4.90 Å². The molecule has 1 saturated carbocycles. The molecule has 0 spiro atoms. The Morgan fingerprint density at radius 2 is 1.85 bits per heavy atom. The van der Waals surface area contributed by atoms with Crippen LogP contribution in [0.25, 0.3) is 0 Å². The Balaban J connectivity index is 1.73. The second-order valence-corrected chi connectivity index (χ2v) is 6.54. The molecule has 0 N–H and O–H groups in total. The lowest BCUT2D eigenvalue weighted by Crippen LogP contribution is -2.44. The quantitative estimate of drug-likeness (QED) is 0.779. The van der Waals surface area contributed by atoms with Gasteiger partial charge in [0.05, 0.1) is 6.04 Å². The molecule has 0 bridgehead atoms. The second-order valence-electron chi connectivity index (χ2n) is 6.54. The van der Waals surface area contributed by atoms with Gasteiger partial charge in [0.15, 0.2) is 5.78 Å². The molecule has 1 aliphatic carbocycles. The maximum Gasteiger partial charge on any atom is 0.179 e. The molecule has 3 atom stereocenters. The predicted octanol–water partition coefficient (Wildman–Crippen LogP) is 3.83. The minimum Gasteiger partial charge on any atom is -0.292 e. The maximum atomic E-state index is 12.7. The Bertz CT molecular complexity index is 479. The van der Waals surface area contributed by atoms with E-state index in [2.05, 4.69) is 18.7 Å². The highest BCUT2D eigenvalue weighted by atomic mass is 16.1.